The maximum Gasteiger partial charge on any atom is 0.304 e. The van der Waals surface area contributed by atoms with Crippen molar-refractivity contribution in [3.8, 4) is 0 Å². The molecule has 0 spiro atoms. The smallest absolute Gasteiger partial charge is 0.304 e. The molecule has 0 amide bonds. The zero-order valence-corrected chi connectivity index (χ0v) is 12.0. The van der Waals surface area contributed by atoms with Crippen molar-refractivity contribution in [2.24, 2.45) is 0 Å². The molecule has 108 valence electrons. The number of carbonyl (C=O) groups is 1. The van der Waals surface area contributed by atoms with Crippen molar-refractivity contribution in [1.29, 1.82) is 0 Å². The van der Waals surface area contributed by atoms with Crippen molar-refractivity contribution in [3.63, 3.8) is 0 Å². The van der Waals surface area contributed by atoms with Gasteiger partial charge in [-0.15, -0.1) is 0 Å². The molecule has 2 aliphatic carbocycles. The van der Waals surface area contributed by atoms with E-state index in [2.05, 4.69) is 24.3 Å². The Morgan fingerprint density at radius 2 is 1.85 bits per heavy atom. The quantitative estimate of drug-likeness (QED) is 0.829. The summed E-state index contributed by atoms with van der Waals surface area (Å²) in [6.45, 7) is 0. The summed E-state index contributed by atoms with van der Waals surface area (Å²) in [6.07, 6.45) is 6.77. The average Bonchev–Trinajstić information content (AvgIpc) is 3.33. The van der Waals surface area contributed by atoms with Crippen LogP contribution in [0.15, 0.2) is 24.3 Å². The second-order valence-corrected chi connectivity index (χ2v) is 6.43. The molecule has 3 rings (SSSR count). The van der Waals surface area contributed by atoms with E-state index in [-0.39, 0.29) is 17.4 Å². The molecule has 2 fully saturated rings. The average molecular weight is 274 g/mol. The predicted octanol–water partition coefficient (Wildman–Crippen LogP) is 3.30. The number of hydrogen-bond donors (Lipinski definition) is 1. The number of aliphatic carboxylic acids is 1. The van der Waals surface area contributed by atoms with E-state index in [4.69, 9.17) is 9.84 Å². The van der Waals surface area contributed by atoms with Gasteiger partial charge in [-0.3, -0.25) is 4.79 Å². The first kappa shape index (κ1) is 13.6. The second-order valence-electron chi connectivity index (χ2n) is 6.43. The molecular weight excluding hydrogens is 252 g/mol. The summed E-state index contributed by atoms with van der Waals surface area (Å²) < 4.78 is 5.54. The molecule has 0 radical (unpaired) electrons. The largest absolute Gasteiger partial charge is 0.481 e. The molecule has 0 bridgehead atoms. The number of aryl methyl sites for hydroxylation is 1. The number of rotatable bonds is 7. The molecule has 0 atom stereocenters. The first-order valence-electron chi connectivity index (χ1n) is 7.44. The van der Waals surface area contributed by atoms with E-state index in [0.29, 0.717) is 0 Å². The van der Waals surface area contributed by atoms with Gasteiger partial charge in [0.05, 0.1) is 12.0 Å². The van der Waals surface area contributed by atoms with E-state index in [1.54, 1.807) is 7.11 Å². The number of ether oxygens (including phenoxy) is 1. The lowest BCUT2D eigenvalue weighted by molar-refractivity contribution is -0.137. The lowest BCUT2D eigenvalue weighted by atomic mass is 9.91. The third-order valence-electron chi connectivity index (χ3n) is 5.02. The number of carboxylic acid groups (broad SMARTS) is 1. The summed E-state index contributed by atoms with van der Waals surface area (Å²) >= 11 is 0. The van der Waals surface area contributed by atoms with Crippen molar-refractivity contribution >= 4 is 5.97 Å². The van der Waals surface area contributed by atoms with Crippen LogP contribution in [-0.4, -0.2) is 23.8 Å². The Balaban J connectivity index is 1.61. The molecule has 3 nitrogen and oxygen atoms in total. The molecule has 1 aromatic rings. The van der Waals surface area contributed by atoms with E-state index >= 15 is 0 Å². The summed E-state index contributed by atoms with van der Waals surface area (Å²) in [5, 5.41) is 9.00. The highest BCUT2D eigenvalue weighted by molar-refractivity contribution is 5.70. The Hall–Kier alpha value is -1.35. The lowest BCUT2D eigenvalue weighted by Gasteiger charge is -2.15. The maximum atomic E-state index is 10.9. The monoisotopic (exact) mass is 274 g/mol. The summed E-state index contributed by atoms with van der Waals surface area (Å²) in [5.74, 6) is -0.692. The van der Waals surface area contributed by atoms with Crippen LogP contribution in [0.3, 0.4) is 0 Å². The lowest BCUT2D eigenvalue weighted by Crippen LogP contribution is -2.13. The summed E-state index contributed by atoms with van der Waals surface area (Å²) in [4.78, 5) is 10.9. The molecule has 0 aromatic heterocycles. The van der Waals surface area contributed by atoms with Gasteiger partial charge < -0.3 is 9.84 Å². The molecule has 0 unspecified atom stereocenters. The molecule has 0 saturated heterocycles. The van der Waals surface area contributed by atoms with Crippen LogP contribution in [0.5, 0.6) is 0 Å². The van der Waals surface area contributed by atoms with Crippen molar-refractivity contribution in [1.82, 2.24) is 0 Å². The number of hydrogen-bond acceptors (Lipinski definition) is 2. The van der Waals surface area contributed by atoms with Crippen LogP contribution in [0, 0.1) is 0 Å². The minimum absolute atomic E-state index is 0.0748. The van der Waals surface area contributed by atoms with E-state index in [1.165, 1.54) is 24.0 Å². The third kappa shape index (κ3) is 2.73. The highest BCUT2D eigenvalue weighted by atomic mass is 16.5. The molecule has 20 heavy (non-hydrogen) atoms. The van der Waals surface area contributed by atoms with Gasteiger partial charge in [-0.2, -0.15) is 0 Å². The topological polar surface area (TPSA) is 46.5 Å². The molecule has 2 saturated carbocycles. The number of methoxy groups -OCH3 is 1. The van der Waals surface area contributed by atoms with Gasteiger partial charge in [0, 0.05) is 12.5 Å². The van der Waals surface area contributed by atoms with Crippen LogP contribution in [0.1, 0.15) is 49.7 Å². The van der Waals surface area contributed by atoms with E-state index in [0.717, 1.165) is 25.7 Å². The standard InChI is InChI=1S/C17H22O3/c1-20-17(10-11-17)7-6-13-2-4-14(5-3-13)16(8-9-16)12-15(18)19/h2-5H,6-12H2,1H3,(H,18,19). The maximum absolute atomic E-state index is 10.9. The summed E-state index contributed by atoms with van der Waals surface area (Å²) in [6, 6.07) is 8.56. The van der Waals surface area contributed by atoms with Crippen molar-refractivity contribution in [2.45, 2.75) is 56.0 Å². The Bertz CT molecular complexity index is 495. The van der Waals surface area contributed by atoms with Gasteiger partial charge in [0.1, 0.15) is 0 Å². The van der Waals surface area contributed by atoms with Crippen molar-refractivity contribution < 1.29 is 14.6 Å². The normalized spacial score (nSPS) is 21.4. The van der Waals surface area contributed by atoms with E-state index in [1.807, 2.05) is 0 Å². The SMILES string of the molecule is COC1(CCc2ccc(C3(CC(=O)O)CC3)cc2)CC1. The zero-order chi connectivity index (χ0) is 14.2. The second kappa shape index (κ2) is 4.88. The minimum atomic E-state index is -0.692. The van der Waals surface area contributed by atoms with Gasteiger partial charge in [0.15, 0.2) is 0 Å². The van der Waals surface area contributed by atoms with Crippen LogP contribution < -0.4 is 0 Å². The van der Waals surface area contributed by atoms with Gasteiger partial charge >= 0.3 is 5.97 Å². The summed E-state index contributed by atoms with van der Waals surface area (Å²) in [5.41, 5.74) is 2.59. The molecule has 3 heteroatoms. The fraction of sp³-hybridized carbons (Fsp3) is 0.588. The van der Waals surface area contributed by atoms with Gasteiger partial charge in [0.25, 0.3) is 0 Å². The van der Waals surface area contributed by atoms with Gasteiger partial charge in [0.2, 0.25) is 0 Å². The minimum Gasteiger partial charge on any atom is -0.481 e. The highest BCUT2D eigenvalue weighted by Gasteiger charge is 2.46. The molecule has 0 heterocycles. The Morgan fingerprint density at radius 1 is 1.20 bits per heavy atom. The van der Waals surface area contributed by atoms with Gasteiger partial charge in [-0.25, -0.2) is 0 Å². The zero-order valence-electron chi connectivity index (χ0n) is 12.0. The van der Waals surface area contributed by atoms with Crippen molar-refractivity contribution in [2.75, 3.05) is 7.11 Å². The summed E-state index contributed by atoms with van der Waals surface area (Å²) in [7, 11) is 1.80. The third-order valence-corrected chi connectivity index (χ3v) is 5.02. The van der Waals surface area contributed by atoms with Gasteiger partial charge in [-0.1, -0.05) is 24.3 Å². The van der Waals surface area contributed by atoms with Gasteiger partial charge in [-0.05, 0) is 49.7 Å². The number of benzene rings is 1. The molecule has 2 aliphatic rings. The van der Waals surface area contributed by atoms with Crippen LogP contribution >= 0.6 is 0 Å². The fourth-order valence-corrected chi connectivity index (χ4v) is 3.10. The van der Waals surface area contributed by atoms with Crippen LogP contribution in [0.4, 0.5) is 0 Å². The highest BCUT2D eigenvalue weighted by Crippen LogP contribution is 2.51. The first-order valence-corrected chi connectivity index (χ1v) is 7.44. The van der Waals surface area contributed by atoms with E-state index in [9.17, 15) is 4.79 Å². The van der Waals surface area contributed by atoms with E-state index < -0.39 is 5.97 Å². The predicted molar refractivity (Wildman–Crippen MR) is 76.9 cm³/mol. The van der Waals surface area contributed by atoms with Crippen LogP contribution in [0.25, 0.3) is 0 Å². The number of carboxylic acids is 1. The van der Waals surface area contributed by atoms with Crippen molar-refractivity contribution in [3.05, 3.63) is 35.4 Å². The Kier molecular flexibility index (Phi) is 3.33. The van der Waals surface area contributed by atoms with Crippen LogP contribution in [-0.2, 0) is 21.4 Å². The first-order chi connectivity index (χ1) is 9.57. The molecule has 1 aromatic carbocycles. The van der Waals surface area contributed by atoms with Crippen LogP contribution in [0.2, 0.25) is 0 Å². The molecular formula is C17H22O3. The molecule has 0 aliphatic heterocycles. The Morgan fingerprint density at radius 3 is 2.30 bits per heavy atom. The Labute approximate surface area is 120 Å². The fourth-order valence-electron chi connectivity index (χ4n) is 3.10. The molecule has 1 N–H and O–H groups in total.